The van der Waals surface area contributed by atoms with Gasteiger partial charge < -0.3 is 14.8 Å². The molecule has 0 spiro atoms. The van der Waals surface area contributed by atoms with Gasteiger partial charge in [0.2, 0.25) is 0 Å². The molecule has 0 unspecified atom stereocenters. The Labute approximate surface area is 122 Å². The molecule has 1 aromatic rings. The molecular formula is C17H27NO2. The van der Waals surface area contributed by atoms with E-state index in [4.69, 9.17) is 9.47 Å². The van der Waals surface area contributed by atoms with Gasteiger partial charge >= 0.3 is 0 Å². The maximum Gasteiger partial charge on any atom is 0.161 e. The maximum atomic E-state index is 5.61. The SMILES string of the molecule is CCOc1cc(CNCC2CCCCC2)ccc1OC. The fraction of sp³-hybridized carbons (Fsp3) is 0.647. The van der Waals surface area contributed by atoms with E-state index in [0.29, 0.717) is 6.61 Å². The van der Waals surface area contributed by atoms with Gasteiger partial charge in [-0.2, -0.15) is 0 Å². The third kappa shape index (κ3) is 4.41. The molecule has 0 radical (unpaired) electrons. The molecule has 112 valence electrons. The molecule has 1 aliphatic carbocycles. The molecule has 1 saturated carbocycles. The first kappa shape index (κ1) is 15.2. The number of rotatable bonds is 7. The zero-order chi connectivity index (χ0) is 14.2. The van der Waals surface area contributed by atoms with Gasteiger partial charge in [-0.25, -0.2) is 0 Å². The largest absolute Gasteiger partial charge is 0.493 e. The summed E-state index contributed by atoms with van der Waals surface area (Å²) in [5, 5.41) is 3.58. The van der Waals surface area contributed by atoms with Crippen LogP contribution in [0.3, 0.4) is 0 Å². The molecule has 1 N–H and O–H groups in total. The van der Waals surface area contributed by atoms with E-state index in [0.717, 1.165) is 30.5 Å². The van der Waals surface area contributed by atoms with Crippen molar-refractivity contribution in [1.82, 2.24) is 5.32 Å². The van der Waals surface area contributed by atoms with Crippen LogP contribution >= 0.6 is 0 Å². The van der Waals surface area contributed by atoms with Gasteiger partial charge in [-0.15, -0.1) is 0 Å². The fourth-order valence-corrected chi connectivity index (χ4v) is 2.91. The fourth-order valence-electron chi connectivity index (χ4n) is 2.91. The van der Waals surface area contributed by atoms with Crippen LogP contribution in [0.1, 0.15) is 44.6 Å². The lowest BCUT2D eigenvalue weighted by Gasteiger charge is -2.22. The van der Waals surface area contributed by atoms with Crippen LogP contribution in [0.2, 0.25) is 0 Å². The number of hydrogen-bond donors (Lipinski definition) is 1. The van der Waals surface area contributed by atoms with E-state index in [-0.39, 0.29) is 0 Å². The monoisotopic (exact) mass is 277 g/mol. The third-order valence-electron chi connectivity index (χ3n) is 4.01. The van der Waals surface area contributed by atoms with E-state index in [1.807, 2.05) is 13.0 Å². The predicted molar refractivity (Wildman–Crippen MR) is 82.4 cm³/mol. The van der Waals surface area contributed by atoms with Crippen LogP contribution in [-0.2, 0) is 6.54 Å². The molecule has 3 nitrogen and oxygen atoms in total. The van der Waals surface area contributed by atoms with Gasteiger partial charge in [-0.05, 0) is 49.9 Å². The van der Waals surface area contributed by atoms with E-state index in [1.54, 1.807) is 7.11 Å². The summed E-state index contributed by atoms with van der Waals surface area (Å²) >= 11 is 0. The van der Waals surface area contributed by atoms with Crippen molar-refractivity contribution in [3.8, 4) is 11.5 Å². The molecular weight excluding hydrogens is 250 g/mol. The topological polar surface area (TPSA) is 30.5 Å². The van der Waals surface area contributed by atoms with Crippen molar-refractivity contribution in [1.29, 1.82) is 0 Å². The van der Waals surface area contributed by atoms with Crippen molar-refractivity contribution >= 4 is 0 Å². The van der Waals surface area contributed by atoms with Crippen molar-refractivity contribution in [3.05, 3.63) is 23.8 Å². The Kier molecular flexibility index (Phi) is 6.19. The van der Waals surface area contributed by atoms with E-state index < -0.39 is 0 Å². The zero-order valence-electron chi connectivity index (χ0n) is 12.8. The van der Waals surface area contributed by atoms with Crippen LogP contribution in [0, 0.1) is 5.92 Å². The molecule has 0 aliphatic heterocycles. The second kappa shape index (κ2) is 8.15. The molecule has 0 heterocycles. The van der Waals surface area contributed by atoms with Crippen molar-refractivity contribution in [2.24, 2.45) is 5.92 Å². The quantitative estimate of drug-likeness (QED) is 0.823. The molecule has 3 heteroatoms. The van der Waals surface area contributed by atoms with Crippen molar-refractivity contribution in [3.63, 3.8) is 0 Å². The summed E-state index contributed by atoms with van der Waals surface area (Å²) in [4.78, 5) is 0. The molecule has 1 fully saturated rings. The standard InChI is InChI=1S/C17H27NO2/c1-3-20-17-11-15(9-10-16(17)19-2)13-18-12-14-7-5-4-6-8-14/h9-11,14,18H,3-8,12-13H2,1-2H3. The van der Waals surface area contributed by atoms with Crippen LogP contribution in [0.25, 0.3) is 0 Å². The molecule has 0 atom stereocenters. The highest BCUT2D eigenvalue weighted by molar-refractivity contribution is 5.42. The molecule has 0 aromatic heterocycles. The number of methoxy groups -OCH3 is 1. The second-order valence-electron chi connectivity index (χ2n) is 5.55. The molecule has 1 aliphatic rings. The average molecular weight is 277 g/mol. The summed E-state index contributed by atoms with van der Waals surface area (Å²) in [6.45, 7) is 4.69. The van der Waals surface area contributed by atoms with Crippen molar-refractivity contribution in [2.45, 2.75) is 45.6 Å². The zero-order valence-corrected chi connectivity index (χ0v) is 12.8. The molecule has 1 aromatic carbocycles. The Morgan fingerprint density at radius 1 is 1.15 bits per heavy atom. The molecule has 2 rings (SSSR count). The lowest BCUT2D eigenvalue weighted by Crippen LogP contribution is -2.24. The lowest BCUT2D eigenvalue weighted by atomic mass is 9.89. The van der Waals surface area contributed by atoms with E-state index >= 15 is 0 Å². The minimum atomic E-state index is 0.662. The summed E-state index contributed by atoms with van der Waals surface area (Å²) in [6, 6.07) is 6.17. The van der Waals surface area contributed by atoms with Gasteiger partial charge in [-0.1, -0.05) is 25.3 Å². The first-order valence-electron chi connectivity index (χ1n) is 7.84. The summed E-state index contributed by atoms with van der Waals surface area (Å²) in [5.74, 6) is 2.52. The van der Waals surface area contributed by atoms with Gasteiger partial charge in [0.15, 0.2) is 11.5 Å². The van der Waals surface area contributed by atoms with Crippen LogP contribution < -0.4 is 14.8 Å². The Morgan fingerprint density at radius 3 is 2.65 bits per heavy atom. The summed E-state index contributed by atoms with van der Waals surface area (Å²) < 4.78 is 10.9. The first-order chi connectivity index (χ1) is 9.83. The summed E-state index contributed by atoms with van der Waals surface area (Å²) in [6.07, 6.45) is 7.01. The van der Waals surface area contributed by atoms with Gasteiger partial charge in [0.05, 0.1) is 13.7 Å². The number of benzene rings is 1. The molecule has 20 heavy (non-hydrogen) atoms. The number of ether oxygens (including phenoxy) is 2. The van der Waals surface area contributed by atoms with Gasteiger partial charge in [-0.3, -0.25) is 0 Å². The number of nitrogens with one attached hydrogen (secondary N) is 1. The Morgan fingerprint density at radius 2 is 1.95 bits per heavy atom. The van der Waals surface area contributed by atoms with Gasteiger partial charge in [0.1, 0.15) is 0 Å². The molecule has 0 amide bonds. The maximum absolute atomic E-state index is 5.61. The highest BCUT2D eigenvalue weighted by atomic mass is 16.5. The lowest BCUT2D eigenvalue weighted by molar-refractivity contribution is 0.310. The van der Waals surface area contributed by atoms with Crippen LogP contribution in [0.15, 0.2) is 18.2 Å². The first-order valence-corrected chi connectivity index (χ1v) is 7.84. The van der Waals surface area contributed by atoms with Gasteiger partial charge in [0.25, 0.3) is 0 Å². The Hall–Kier alpha value is -1.22. The Balaban J connectivity index is 1.84. The van der Waals surface area contributed by atoms with E-state index in [2.05, 4.69) is 17.4 Å². The smallest absolute Gasteiger partial charge is 0.161 e. The van der Waals surface area contributed by atoms with Crippen LogP contribution in [0.5, 0.6) is 11.5 Å². The highest BCUT2D eigenvalue weighted by Gasteiger charge is 2.12. The Bertz CT molecular complexity index is 400. The predicted octanol–water partition coefficient (Wildman–Crippen LogP) is 3.76. The van der Waals surface area contributed by atoms with E-state index in [9.17, 15) is 0 Å². The van der Waals surface area contributed by atoms with Crippen LogP contribution in [0.4, 0.5) is 0 Å². The van der Waals surface area contributed by atoms with Crippen molar-refractivity contribution < 1.29 is 9.47 Å². The minimum absolute atomic E-state index is 0.662. The molecule has 0 saturated heterocycles. The molecule has 0 bridgehead atoms. The second-order valence-corrected chi connectivity index (χ2v) is 5.55. The van der Waals surface area contributed by atoms with Gasteiger partial charge in [0, 0.05) is 6.54 Å². The van der Waals surface area contributed by atoms with E-state index in [1.165, 1.54) is 37.7 Å². The summed E-state index contributed by atoms with van der Waals surface area (Å²) in [5.41, 5.74) is 1.25. The minimum Gasteiger partial charge on any atom is -0.493 e. The van der Waals surface area contributed by atoms with Crippen molar-refractivity contribution in [2.75, 3.05) is 20.3 Å². The van der Waals surface area contributed by atoms with Crippen LogP contribution in [-0.4, -0.2) is 20.3 Å². The normalized spacial score (nSPS) is 16.1. The average Bonchev–Trinajstić information content (AvgIpc) is 2.49. The number of hydrogen-bond acceptors (Lipinski definition) is 3. The third-order valence-corrected chi connectivity index (χ3v) is 4.01. The highest BCUT2D eigenvalue weighted by Crippen LogP contribution is 2.28. The summed E-state index contributed by atoms with van der Waals surface area (Å²) in [7, 11) is 1.68.